The Morgan fingerprint density at radius 3 is 1.67 bits per heavy atom. The number of benzene rings is 3. The van der Waals surface area contributed by atoms with E-state index in [-0.39, 0.29) is 5.92 Å². The highest BCUT2D eigenvalue weighted by molar-refractivity contribution is 5.61. The largest absolute Gasteiger partial charge is 0.623 e. The molecule has 1 aliphatic heterocycles. The van der Waals surface area contributed by atoms with Crippen LogP contribution in [0.1, 0.15) is 29.0 Å². The minimum atomic E-state index is -0.718. The molecule has 3 aromatic rings. The monoisotopic (exact) mass is 313 g/mol. The van der Waals surface area contributed by atoms with E-state index >= 15 is 0 Å². The number of hydrogen-bond acceptors (Lipinski definition) is 1. The van der Waals surface area contributed by atoms with Crippen molar-refractivity contribution in [2.45, 2.75) is 17.9 Å². The highest BCUT2D eigenvalue weighted by Crippen LogP contribution is 2.49. The van der Waals surface area contributed by atoms with Crippen LogP contribution in [0.2, 0.25) is 0 Å². The number of hydrogen-bond donors (Lipinski definition) is 0. The lowest BCUT2D eigenvalue weighted by molar-refractivity contribution is -0.536. The molecule has 0 aromatic heterocycles. The zero-order valence-electron chi connectivity index (χ0n) is 13.4. The molecular formula is C22H19NO. The molecule has 4 rings (SSSR count). The fraction of sp³-hybridized carbons (Fsp3) is 0.136. The van der Waals surface area contributed by atoms with E-state index in [1.807, 2.05) is 54.6 Å². The predicted octanol–water partition coefficient (Wildman–Crippen LogP) is 4.70. The Morgan fingerprint density at radius 1 is 0.708 bits per heavy atom. The molecule has 1 heterocycles. The minimum absolute atomic E-state index is 0.0843. The molecule has 2 nitrogen and oxygen atoms in total. The number of nitrogens with zero attached hydrogens (tertiary/aromatic N) is 1. The predicted molar refractivity (Wildman–Crippen MR) is 97.2 cm³/mol. The van der Waals surface area contributed by atoms with Gasteiger partial charge in [0.2, 0.25) is 5.54 Å². The van der Waals surface area contributed by atoms with Crippen LogP contribution >= 0.6 is 0 Å². The molecule has 3 aromatic carbocycles. The first-order valence-electron chi connectivity index (χ1n) is 8.29. The van der Waals surface area contributed by atoms with Gasteiger partial charge in [0.1, 0.15) is 0 Å². The molecule has 1 aliphatic rings. The van der Waals surface area contributed by atoms with Crippen LogP contribution in [0.15, 0.2) is 91.0 Å². The van der Waals surface area contributed by atoms with E-state index < -0.39 is 5.54 Å². The average molecular weight is 313 g/mol. The van der Waals surface area contributed by atoms with Crippen molar-refractivity contribution >= 4 is 6.21 Å². The summed E-state index contributed by atoms with van der Waals surface area (Å²) in [5.41, 5.74) is 2.55. The number of rotatable bonds is 3. The molecule has 0 bridgehead atoms. The summed E-state index contributed by atoms with van der Waals surface area (Å²) >= 11 is 0. The summed E-state index contributed by atoms with van der Waals surface area (Å²) in [4.78, 5) is 0. The third kappa shape index (κ3) is 2.15. The summed E-state index contributed by atoms with van der Waals surface area (Å²) in [6.45, 7) is 0. The van der Waals surface area contributed by atoms with Crippen molar-refractivity contribution in [2.24, 2.45) is 0 Å². The van der Waals surface area contributed by atoms with E-state index in [2.05, 4.69) is 36.4 Å². The SMILES string of the molecule is [O-][N+]1=CC[C@H](c2ccccc2)C1(c1ccccc1)c1ccccc1. The van der Waals surface area contributed by atoms with Gasteiger partial charge in [-0.2, -0.15) is 0 Å². The fourth-order valence-corrected chi connectivity index (χ4v) is 3.94. The van der Waals surface area contributed by atoms with Crippen molar-refractivity contribution < 1.29 is 4.74 Å². The molecule has 0 saturated carbocycles. The van der Waals surface area contributed by atoms with Crippen molar-refractivity contribution in [3.63, 3.8) is 0 Å². The van der Waals surface area contributed by atoms with E-state index in [1.165, 1.54) is 5.56 Å². The van der Waals surface area contributed by atoms with Gasteiger partial charge < -0.3 is 5.21 Å². The van der Waals surface area contributed by atoms with Crippen LogP contribution < -0.4 is 0 Å². The lowest BCUT2D eigenvalue weighted by Gasteiger charge is -2.34. The van der Waals surface area contributed by atoms with E-state index in [9.17, 15) is 5.21 Å². The van der Waals surface area contributed by atoms with E-state index in [0.717, 1.165) is 22.3 Å². The Balaban J connectivity index is 1.99. The van der Waals surface area contributed by atoms with Crippen LogP contribution in [-0.2, 0) is 5.54 Å². The van der Waals surface area contributed by atoms with Gasteiger partial charge in [0.05, 0.1) is 5.92 Å². The summed E-state index contributed by atoms with van der Waals surface area (Å²) < 4.78 is 1.16. The Labute approximate surface area is 142 Å². The van der Waals surface area contributed by atoms with Crippen molar-refractivity contribution in [2.75, 3.05) is 0 Å². The second-order valence-electron chi connectivity index (χ2n) is 6.21. The van der Waals surface area contributed by atoms with Gasteiger partial charge >= 0.3 is 0 Å². The molecule has 0 saturated heterocycles. The third-order valence-corrected chi connectivity index (χ3v) is 4.99. The van der Waals surface area contributed by atoms with Gasteiger partial charge in [0.25, 0.3) is 0 Å². The zero-order valence-corrected chi connectivity index (χ0v) is 13.4. The summed E-state index contributed by atoms with van der Waals surface area (Å²) in [5.74, 6) is 0.0843. The van der Waals surface area contributed by atoms with Gasteiger partial charge in [-0.05, 0) is 5.56 Å². The molecule has 118 valence electrons. The van der Waals surface area contributed by atoms with Crippen molar-refractivity contribution in [3.05, 3.63) is 113 Å². The van der Waals surface area contributed by atoms with Gasteiger partial charge in [0, 0.05) is 17.5 Å². The van der Waals surface area contributed by atoms with Gasteiger partial charge in [0.15, 0.2) is 6.21 Å². The Bertz CT molecular complexity index is 801. The molecule has 24 heavy (non-hydrogen) atoms. The molecule has 0 amide bonds. The third-order valence-electron chi connectivity index (χ3n) is 4.99. The highest BCUT2D eigenvalue weighted by atomic mass is 16.5. The topological polar surface area (TPSA) is 26.1 Å². The normalized spacial score (nSPS) is 19.0. The van der Waals surface area contributed by atoms with E-state index in [1.54, 1.807) is 6.21 Å². The van der Waals surface area contributed by atoms with Crippen LogP contribution in [0.25, 0.3) is 0 Å². The number of hydroxylamine groups is 1. The molecule has 0 N–H and O–H groups in total. The first-order valence-corrected chi connectivity index (χ1v) is 8.29. The average Bonchev–Trinajstić information content (AvgIpc) is 3.02. The summed E-state index contributed by atoms with van der Waals surface area (Å²) in [6, 6.07) is 30.6. The maximum Gasteiger partial charge on any atom is 0.230 e. The van der Waals surface area contributed by atoms with Gasteiger partial charge in [-0.15, -0.1) is 0 Å². The first kappa shape index (κ1) is 14.7. The Kier molecular flexibility index (Phi) is 3.66. The van der Waals surface area contributed by atoms with Gasteiger partial charge in [-0.3, -0.25) is 0 Å². The van der Waals surface area contributed by atoms with Crippen LogP contribution in [0.4, 0.5) is 0 Å². The van der Waals surface area contributed by atoms with Crippen molar-refractivity contribution in [1.29, 1.82) is 0 Å². The van der Waals surface area contributed by atoms with Crippen LogP contribution in [0.3, 0.4) is 0 Å². The highest BCUT2D eigenvalue weighted by Gasteiger charge is 2.53. The maximum atomic E-state index is 13.1. The lowest BCUT2D eigenvalue weighted by Crippen LogP contribution is -2.39. The molecule has 0 fully saturated rings. The molecule has 1 atom stereocenters. The Morgan fingerprint density at radius 2 is 1.17 bits per heavy atom. The summed E-state index contributed by atoms with van der Waals surface area (Å²) in [5, 5.41) is 13.1. The molecule has 0 unspecified atom stereocenters. The smallest absolute Gasteiger partial charge is 0.230 e. The second kappa shape index (κ2) is 5.97. The van der Waals surface area contributed by atoms with Gasteiger partial charge in [-0.1, -0.05) is 91.0 Å². The first-order chi connectivity index (χ1) is 11.8. The molecule has 0 radical (unpaired) electrons. The van der Waals surface area contributed by atoms with Crippen molar-refractivity contribution in [1.82, 2.24) is 0 Å². The van der Waals surface area contributed by atoms with Gasteiger partial charge in [-0.25, -0.2) is 4.74 Å². The molecule has 0 aliphatic carbocycles. The standard InChI is InChI=1S/C22H19NO/c24-23-17-16-21(18-10-4-1-5-11-18)22(23,19-12-6-2-7-13-19)20-14-8-3-9-15-20/h1-15,17,21H,16H2/t21-/m1/s1. The quantitative estimate of drug-likeness (QED) is 0.508. The van der Waals surface area contributed by atoms with Crippen LogP contribution in [0, 0.1) is 5.21 Å². The second-order valence-corrected chi connectivity index (χ2v) is 6.21. The van der Waals surface area contributed by atoms with E-state index in [0.29, 0.717) is 0 Å². The fourth-order valence-electron chi connectivity index (χ4n) is 3.94. The molecule has 0 spiro atoms. The summed E-state index contributed by atoms with van der Waals surface area (Å²) in [7, 11) is 0. The molecular weight excluding hydrogens is 294 g/mol. The lowest BCUT2D eigenvalue weighted by atomic mass is 9.71. The molecule has 2 heteroatoms. The van der Waals surface area contributed by atoms with Crippen LogP contribution in [-0.4, -0.2) is 11.0 Å². The van der Waals surface area contributed by atoms with Crippen molar-refractivity contribution in [3.8, 4) is 0 Å². The summed E-state index contributed by atoms with van der Waals surface area (Å²) in [6.07, 6.45) is 2.52. The maximum absolute atomic E-state index is 13.1. The van der Waals surface area contributed by atoms with E-state index in [4.69, 9.17) is 0 Å². The minimum Gasteiger partial charge on any atom is -0.623 e. The Hall–Kier alpha value is -2.87. The van der Waals surface area contributed by atoms with Crippen LogP contribution in [0.5, 0.6) is 0 Å². The zero-order chi connectivity index (χ0) is 16.4.